The van der Waals surface area contributed by atoms with Gasteiger partial charge in [-0.3, -0.25) is 0 Å². The van der Waals surface area contributed by atoms with E-state index in [1.54, 1.807) is 12.1 Å². The Morgan fingerprint density at radius 1 is 0.889 bits per heavy atom. The molecule has 0 aromatic heterocycles. The molecule has 0 spiro atoms. The maximum Gasteiger partial charge on any atom is 0.243 e. The molecule has 0 bridgehead atoms. The first-order chi connectivity index (χ1) is 13.0. The monoisotopic (exact) mass is 384 g/mol. The van der Waals surface area contributed by atoms with Crippen LogP contribution in [0.2, 0.25) is 0 Å². The number of hydrogen-bond donors (Lipinski definition) is 0. The summed E-state index contributed by atoms with van der Waals surface area (Å²) < 4.78 is 26.4. The Bertz CT molecular complexity index is 872. The van der Waals surface area contributed by atoms with Gasteiger partial charge in [-0.2, -0.15) is 4.31 Å². The first kappa shape index (κ1) is 18.7. The van der Waals surface area contributed by atoms with Gasteiger partial charge in [0.25, 0.3) is 0 Å². The zero-order valence-corrected chi connectivity index (χ0v) is 16.8. The zero-order valence-electron chi connectivity index (χ0n) is 16.0. The molecule has 0 aliphatic carbocycles. The van der Waals surface area contributed by atoms with Crippen molar-refractivity contribution in [1.82, 2.24) is 9.21 Å². The summed E-state index contributed by atoms with van der Waals surface area (Å²) in [5, 5.41) is 0. The van der Waals surface area contributed by atoms with Crippen LogP contribution in [0.3, 0.4) is 0 Å². The van der Waals surface area contributed by atoms with E-state index in [2.05, 4.69) is 36.1 Å². The minimum absolute atomic E-state index is 0.391. The molecule has 0 N–H and O–H groups in total. The quantitative estimate of drug-likeness (QED) is 0.761. The molecule has 2 saturated heterocycles. The number of benzene rings is 2. The lowest BCUT2D eigenvalue weighted by molar-refractivity contribution is 0.272. The van der Waals surface area contributed by atoms with Gasteiger partial charge in [-0.1, -0.05) is 36.4 Å². The van der Waals surface area contributed by atoms with Gasteiger partial charge in [0.1, 0.15) is 0 Å². The average Bonchev–Trinajstić information content (AvgIpc) is 3.04. The minimum atomic E-state index is -3.30. The molecule has 2 aromatic carbocycles. The molecule has 4 nitrogen and oxygen atoms in total. The van der Waals surface area contributed by atoms with Gasteiger partial charge in [-0.05, 0) is 68.0 Å². The van der Waals surface area contributed by atoms with E-state index < -0.39 is 10.0 Å². The maximum absolute atomic E-state index is 12.4. The van der Waals surface area contributed by atoms with Crippen molar-refractivity contribution < 1.29 is 8.42 Å². The van der Waals surface area contributed by atoms with E-state index in [1.807, 2.05) is 12.1 Å². The summed E-state index contributed by atoms with van der Waals surface area (Å²) in [4.78, 5) is 2.97. The van der Waals surface area contributed by atoms with Crippen LogP contribution in [0, 0.1) is 0 Å². The Morgan fingerprint density at radius 2 is 1.52 bits per heavy atom. The van der Waals surface area contributed by atoms with Crippen molar-refractivity contribution in [2.45, 2.75) is 43.5 Å². The lowest BCUT2D eigenvalue weighted by atomic mass is 10.0. The lowest BCUT2D eigenvalue weighted by Gasteiger charge is -2.29. The van der Waals surface area contributed by atoms with Crippen molar-refractivity contribution in [2.75, 3.05) is 26.2 Å². The summed E-state index contributed by atoms with van der Waals surface area (Å²) in [6, 6.07) is 16.7. The van der Waals surface area contributed by atoms with Crippen LogP contribution in [0.15, 0.2) is 53.4 Å². The maximum atomic E-state index is 12.4. The van der Waals surface area contributed by atoms with Gasteiger partial charge in [0.15, 0.2) is 0 Å². The highest BCUT2D eigenvalue weighted by Gasteiger charge is 2.29. The second-order valence-corrected chi connectivity index (χ2v) is 9.69. The van der Waals surface area contributed by atoms with E-state index >= 15 is 0 Å². The Morgan fingerprint density at radius 3 is 2.04 bits per heavy atom. The van der Waals surface area contributed by atoms with Gasteiger partial charge in [-0.15, -0.1) is 0 Å². The van der Waals surface area contributed by atoms with E-state index in [0.29, 0.717) is 18.0 Å². The number of rotatable bonds is 6. The van der Waals surface area contributed by atoms with Crippen molar-refractivity contribution >= 4 is 10.0 Å². The Labute approximate surface area is 162 Å². The molecule has 2 aromatic rings. The smallest absolute Gasteiger partial charge is 0.243 e. The topological polar surface area (TPSA) is 40.6 Å². The van der Waals surface area contributed by atoms with E-state index in [4.69, 9.17) is 0 Å². The average molecular weight is 385 g/mol. The van der Waals surface area contributed by atoms with Gasteiger partial charge in [0.05, 0.1) is 4.90 Å². The molecular formula is C22H28N2O2S. The van der Waals surface area contributed by atoms with Crippen LogP contribution < -0.4 is 0 Å². The van der Waals surface area contributed by atoms with Gasteiger partial charge in [-0.25, -0.2) is 8.42 Å². The van der Waals surface area contributed by atoms with Crippen LogP contribution in [0.1, 0.15) is 31.7 Å². The van der Waals surface area contributed by atoms with E-state index in [0.717, 1.165) is 36.6 Å². The van der Waals surface area contributed by atoms with Gasteiger partial charge >= 0.3 is 0 Å². The Balaban J connectivity index is 1.41. The predicted octanol–water partition coefficient (Wildman–Crippen LogP) is 3.77. The molecule has 2 aliphatic rings. The fraction of sp³-hybridized carbons (Fsp3) is 0.455. The third-order valence-electron chi connectivity index (χ3n) is 5.97. The molecule has 144 valence electrons. The summed E-state index contributed by atoms with van der Waals surface area (Å²) in [5.74, 6) is 0. The number of likely N-dealkylation sites (tertiary alicyclic amines) is 1. The normalized spacial score (nSPS) is 21.3. The van der Waals surface area contributed by atoms with Crippen LogP contribution in [-0.2, 0) is 16.4 Å². The summed E-state index contributed by atoms with van der Waals surface area (Å²) in [5.41, 5.74) is 3.54. The minimum Gasteiger partial charge on any atom is -0.300 e. The summed E-state index contributed by atoms with van der Waals surface area (Å²) in [6.45, 7) is 5.96. The van der Waals surface area contributed by atoms with Gasteiger partial charge in [0.2, 0.25) is 10.0 Å². The molecule has 0 radical (unpaired) electrons. The van der Waals surface area contributed by atoms with E-state index in [-0.39, 0.29) is 0 Å². The zero-order chi connectivity index (χ0) is 18.9. The molecule has 1 unspecified atom stereocenters. The molecule has 0 amide bonds. The Kier molecular flexibility index (Phi) is 5.35. The van der Waals surface area contributed by atoms with E-state index in [9.17, 15) is 8.42 Å². The highest BCUT2D eigenvalue weighted by atomic mass is 32.2. The van der Waals surface area contributed by atoms with Crippen LogP contribution >= 0.6 is 0 Å². The first-order valence-corrected chi connectivity index (χ1v) is 11.4. The molecule has 2 heterocycles. The SMILES string of the molecule is CC1CCCN1CCc1ccc(-c2ccc(S(=O)(=O)N3CCC3)cc2)cc1. The Hall–Kier alpha value is -1.69. The second-order valence-electron chi connectivity index (χ2n) is 7.76. The lowest BCUT2D eigenvalue weighted by Crippen LogP contribution is -2.41. The van der Waals surface area contributed by atoms with Crippen molar-refractivity contribution in [2.24, 2.45) is 0 Å². The largest absolute Gasteiger partial charge is 0.300 e. The van der Waals surface area contributed by atoms with Crippen molar-refractivity contribution in [1.29, 1.82) is 0 Å². The highest BCUT2D eigenvalue weighted by molar-refractivity contribution is 7.89. The van der Waals surface area contributed by atoms with Gasteiger partial charge < -0.3 is 4.90 Å². The molecular weight excluding hydrogens is 356 g/mol. The van der Waals surface area contributed by atoms with Crippen molar-refractivity contribution in [3.63, 3.8) is 0 Å². The molecule has 2 aliphatic heterocycles. The predicted molar refractivity (Wildman–Crippen MR) is 109 cm³/mol. The fourth-order valence-corrected chi connectivity index (χ4v) is 5.47. The summed E-state index contributed by atoms with van der Waals surface area (Å²) in [6.07, 6.45) is 4.68. The molecule has 4 rings (SSSR count). The molecule has 2 fully saturated rings. The van der Waals surface area contributed by atoms with Gasteiger partial charge in [0, 0.05) is 25.7 Å². The number of nitrogens with zero attached hydrogens (tertiary/aromatic N) is 2. The molecule has 1 atom stereocenters. The van der Waals surface area contributed by atoms with Crippen LogP contribution in [-0.4, -0.2) is 49.8 Å². The third kappa shape index (κ3) is 3.96. The van der Waals surface area contributed by atoms with Crippen LogP contribution in [0.4, 0.5) is 0 Å². The number of sulfonamides is 1. The standard InChI is InChI=1S/C22H28N2O2S/c1-18-4-2-14-23(18)17-13-19-5-7-20(8-6-19)21-9-11-22(12-10-21)27(25,26)24-15-3-16-24/h5-12,18H,2-4,13-17H2,1H3. The molecule has 5 heteroatoms. The third-order valence-corrected chi connectivity index (χ3v) is 7.89. The second kappa shape index (κ2) is 7.74. The van der Waals surface area contributed by atoms with Crippen molar-refractivity contribution in [3.8, 4) is 11.1 Å². The van der Waals surface area contributed by atoms with Crippen molar-refractivity contribution in [3.05, 3.63) is 54.1 Å². The first-order valence-electron chi connectivity index (χ1n) is 9.98. The van der Waals surface area contributed by atoms with Crippen LogP contribution in [0.5, 0.6) is 0 Å². The highest BCUT2D eigenvalue weighted by Crippen LogP contribution is 2.25. The molecule has 0 saturated carbocycles. The number of hydrogen-bond acceptors (Lipinski definition) is 3. The molecule has 27 heavy (non-hydrogen) atoms. The summed E-state index contributed by atoms with van der Waals surface area (Å²) in [7, 11) is -3.30. The van der Waals surface area contributed by atoms with E-state index in [1.165, 1.54) is 29.3 Å². The fourth-order valence-electron chi connectivity index (χ4n) is 3.96. The summed E-state index contributed by atoms with van der Waals surface area (Å²) >= 11 is 0. The van der Waals surface area contributed by atoms with Crippen LogP contribution in [0.25, 0.3) is 11.1 Å².